The number of rotatable bonds is 9. The molecule has 3 N–H and O–H groups in total. The van der Waals surface area contributed by atoms with Crippen molar-refractivity contribution in [2.45, 2.75) is 49.4 Å². The van der Waals surface area contributed by atoms with Crippen LogP contribution in [0.4, 0.5) is 4.79 Å². The van der Waals surface area contributed by atoms with E-state index in [1.165, 1.54) is 0 Å². The fraction of sp³-hybridized carbons (Fsp3) is 0.417. The summed E-state index contributed by atoms with van der Waals surface area (Å²) in [6.45, 7) is 0. The van der Waals surface area contributed by atoms with Gasteiger partial charge in [0.2, 0.25) is 0 Å². The lowest BCUT2D eigenvalue weighted by Crippen LogP contribution is -2.38. The number of amides is 2. The van der Waals surface area contributed by atoms with Gasteiger partial charge in [0.25, 0.3) is 0 Å². The van der Waals surface area contributed by atoms with Crippen LogP contribution in [0.5, 0.6) is 0 Å². The molecule has 0 aromatic heterocycles. The highest BCUT2D eigenvalue weighted by Gasteiger charge is 2.44. The second-order valence-corrected chi connectivity index (χ2v) is 9.70. The van der Waals surface area contributed by atoms with Gasteiger partial charge in [-0.2, -0.15) is 11.8 Å². The third-order valence-electron chi connectivity index (χ3n) is 6.31. The lowest BCUT2D eigenvalue weighted by atomic mass is 9.73. The number of nitrogens with one attached hydrogen (secondary N) is 2. The molecule has 2 aromatic carbocycles. The molecule has 2 aromatic rings. The van der Waals surface area contributed by atoms with Crippen LogP contribution in [0.1, 0.15) is 30.4 Å². The van der Waals surface area contributed by atoms with Gasteiger partial charge >= 0.3 is 12.0 Å². The van der Waals surface area contributed by atoms with Gasteiger partial charge in [-0.25, -0.2) is 4.79 Å². The molecule has 0 unspecified atom stereocenters. The van der Waals surface area contributed by atoms with E-state index in [1.54, 1.807) is 0 Å². The predicted molar refractivity (Wildman–Crippen MR) is 120 cm³/mol. The highest BCUT2D eigenvalue weighted by molar-refractivity contribution is 8.00. The van der Waals surface area contributed by atoms with Crippen molar-refractivity contribution in [3.05, 3.63) is 71.8 Å². The number of aliphatic carboxylic acids is 1. The molecule has 158 valence electrons. The van der Waals surface area contributed by atoms with Crippen molar-refractivity contribution in [1.29, 1.82) is 0 Å². The molecule has 6 heteroatoms. The zero-order valence-electron chi connectivity index (χ0n) is 16.9. The quantitative estimate of drug-likeness (QED) is 0.534. The molecule has 0 bridgehead atoms. The molecule has 0 spiro atoms. The molecular weight excluding hydrogens is 396 g/mol. The van der Waals surface area contributed by atoms with Gasteiger partial charge in [-0.3, -0.25) is 4.79 Å². The number of carboxylic acid groups (broad SMARTS) is 1. The van der Waals surface area contributed by atoms with Gasteiger partial charge in [-0.15, -0.1) is 0 Å². The fourth-order valence-electron chi connectivity index (χ4n) is 4.76. The van der Waals surface area contributed by atoms with Gasteiger partial charge in [0.05, 0.1) is 17.5 Å². The van der Waals surface area contributed by atoms with Crippen molar-refractivity contribution in [1.82, 2.24) is 10.6 Å². The Morgan fingerprint density at radius 1 is 1.00 bits per heavy atom. The van der Waals surface area contributed by atoms with Crippen molar-refractivity contribution >= 4 is 23.8 Å². The van der Waals surface area contributed by atoms with Crippen LogP contribution in [0.2, 0.25) is 0 Å². The average molecular weight is 425 g/mol. The molecule has 30 heavy (non-hydrogen) atoms. The Morgan fingerprint density at radius 3 is 2.17 bits per heavy atom. The Morgan fingerprint density at radius 2 is 1.60 bits per heavy atom. The van der Waals surface area contributed by atoms with Gasteiger partial charge in [0.15, 0.2) is 0 Å². The van der Waals surface area contributed by atoms with Crippen molar-refractivity contribution in [3.63, 3.8) is 0 Å². The van der Waals surface area contributed by atoms with Crippen LogP contribution in [0.15, 0.2) is 60.7 Å². The number of thioether (sulfide) groups is 1. The fourth-order valence-corrected chi connectivity index (χ4v) is 6.30. The first-order valence-electron chi connectivity index (χ1n) is 10.6. The van der Waals surface area contributed by atoms with Crippen molar-refractivity contribution in [2.75, 3.05) is 5.75 Å². The smallest absolute Gasteiger partial charge is 0.315 e. The molecule has 3 atom stereocenters. The maximum absolute atomic E-state index is 12.6. The first-order chi connectivity index (χ1) is 14.6. The van der Waals surface area contributed by atoms with E-state index in [0.29, 0.717) is 24.5 Å². The SMILES string of the molecule is O=C1N[C@H]2[C@H](CS[C@H]2CCCC(Cc2ccccc2)(Cc2ccccc2)C(=O)O)N1. The number of carbonyl (C=O) groups excluding carboxylic acids is 1. The van der Waals surface area contributed by atoms with Gasteiger partial charge in [-0.05, 0) is 36.8 Å². The van der Waals surface area contributed by atoms with E-state index in [0.717, 1.165) is 29.7 Å². The Labute approximate surface area is 181 Å². The zero-order valence-corrected chi connectivity index (χ0v) is 17.7. The minimum Gasteiger partial charge on any atom is -0.481 e. The summed E-state index contributed by atoms with van der Waals surface area (Å²) in [6, 6.07) is 20.1. The summed E-state index contributed by atoms with van der Waals surface area (Å²) in [5.41, 5.74) is 1.26. The largest absolute Gasteiger partial charge is 0.481 e. The second-order valence-electron chi connectivity index (χ2n) is 8.42. The first kappa shape index (κ1) is 20.8. The predicted octanol–water partition coefficient (Wildman–Crippen LogP) is 3.88. The van der Waals surface area contributed by atoms with Crippen LogP contribution in [-0.2, 0) is 17.6 Å². The van der Waals surface area contributed by atoms with E-state index in [-0.39, 0.29) is 18.1 Å². The van der Waals surface area contributed by atoms with Gasteiger partial charge in [-0.1, -0.05) is 67.1 Å². The van der Waals surface area contributed by atoms with Crippen molar-refractivity contribution < 1.29 is 14.7 Å². The van der Waals surface area contributed by atoms with Crippen molar-refractivity contribution in [2.24, 2.45) is 5.41 Å². The highest BCUT2D eigenvalue weighted by Crippen LogP contribution is 2.38. The van der Waals surface area contributed by atoms with E-state index < -0.39 is 11.4 Å². The summed E-state index contributed by atoms with van der Waals surface area (Å²) in [7, 11) is 0. The first-order valence-corrected chi connectivity index (χ1v) is 11.6. The molecule has 4 rings (SSSR count). The topological polar surface area (TPSA) is 78.4 Å². The molecule has 0 radical (unpaired) electrons. The third-order valence-corrected chi connectivity index (χ3v) is 7.82. The maximum Gasteiger partial charge on any atom is 0.315 e. The number of hydrogen-bond acceptors (Lipinski definition) is 3. The van der Waals surface area contributed by atoms with Crippen LogP contribution in [-0.4, -0.2) is 40.2 Å². The maximum atomic E-state index is 12.6. The zero-order chi connectivity index (χ0) is 21.0. The van der Waals surface area contributed by atoms with Crippen LogP contribution >= 0.6 is 11.8 Å². The summed E-state index contributed by atoms with van der Waals surface area (Å²) < 4.78 is 0. The summed E-state index contributed by atoms with van der Waals surface area (Å²) >= 11 is 1.88. The van der Waals surface area contributed by atoms with Gasteiger partial charge in [0, 0.05) is 11.0 Å². The minimum atomic E-state index is -0.845. The average Bonchev–Trinajstić information content (AvgIpc) is 3.29. The van der Waals surface area contributed by atoms with Crippen LogP contribution in [0.3, 0.4) is 0 Å². The Bertz CT molecular complexity index is 833. The second kappa shape index (κ2) is 9.13. The van der Waals surface area contributed by atoms with E-state index >= 15 is 0 Å². The van der Waals surface area contributed by atoms with Crippen molar-refractivity contribution in [3.8, 4) is 0 Å². The Hall–Kier alpha value is -2.47. The summed E-state index contributed by atoms with van der Waals surface area (Å²) in [5, 5.41) is 16.7. The number of hydrogen-bond donors (Lipinski definition) is 3. The molecule has 2 saturated heterocycles. The Kier molecular flexibility index (Phi) is 6.32. The monoisotopic (exact) mass is 424 g/mol. The molecule has 2 fully saturated rings. The lowest BCUT2D eigenvalue weighted by molar-refractivity contribution is -0.149. The van der Waals surface area contributed by atoms with E-state index in [1.807, 2.05) is 72.4 Å². The van der Waals surface area contributed by atoms with E-state index in [4.69, 9.17) is 0 Å². The Balaban J connectivity index is 1.49. The summed E-state index contributed by atoms with van der Waals surface area (Å²) in [5.74, 6) is 0.189. The highest BCUT2D eigenvalue weighted by atomic mass is 32.2. The molecule has 2 heterocycles. The summed E-state index contributed by atoms with van der Waals surface area (Å²) in [4.78, 5) is 24.2. The number of carbonyl (C=O) groups is 2. The van der Waals surface area contributed by atoms with Crippen LogP contribution in [0.25, 0.3) is 0 Å². The van der Waals surface area contributed by atoms with Crippen LogP contribution in [0, 0.1) is 5.41 Å². The molecular formula is C24H28N2O3S. The molecule has 0 saturated carbocycles. The van der Waals surface area contributed by atoms with Crippen LogP contribution < -0.4 is 10.6 Å². The van der Waals surface area contributed by atoms with E-state index in [2.05, 4.69) is 10.6 Å². The van der Waals surface area contributed by atoms with Gasteiger partial charge < -0.3 is 15.7 Å². The normalized spacial score (nSPS) is 22.9. The van der Waals surface area contributed by atoms with Gasteiger partial charge in [0.1, 0.15) is 0 Å². The molecule has 2 amide bonds. The summed E-state index contributed by atoms with van der Waals surface area (Å²) in [6.07, 6.45) is 3.37. The molecule has 2 aliphatic rings. The lowest BCUT2D eigenvalue weighted by Gasteiger charge is -2.31. The molecule has 2 aliphatic heterocycles. The molecule has 0 aliphatic carbocycles. The molecule has 5 nitrogen and oxygen atoms in total. The standard InChI is InChI=1S/C24H28N2O3S/c27-22(28)24(14-17-8-3-1-4-9-17,15-18-10-5-2-6-11-18)13-7-12-20-21-19(16-30-20)25-23(29)26-21/h1-6,8-11,19-21H,7,12-16H2,(H,27,28)(H2,25,26,29)/t19-,20-,21-/m0/s1. The number of urea groups is 1. The number of fused-ring (bicyclic) bond motifs is 1. The number of benzene rings is 2. The van der Waals surface area contributed by atoms with E-state index in [9.17, 15) is 14.7 Å². The minimum absolute atomic E-state index is 0.0802. The third kappa shape index (κ3) is 4.64. The number of carboxylic acids is 1.